The summed E-state index contributed by atoms with van der Waals surface area (Å²) in [5.41, 5.74) is 1.74. The van der Waals surface area contributed by atoms with E-state index in [0.29, 0.717) is 11.4 Å². The number of carbonyl (C=O) groups is 2. The van der Waals surface area contributed by atoms with Crippen molar-refractivity contribution in [3.8, 4) is 0 Å². The highest BCUT2D eigenvalue weighted by atomic mass is 32.2. The fraction of sp³-hybridized carbons (Fsp3) is 0.176. The van der Waals surface area contributed by atoms with Crippen molar-refractivity contribution in [2.75, 3.05) is 5.32 Å². The first kappa shape index (κ1) is 17.0. The van der Waals surface area contributed by atoms with E-state index < -0.39 is 5.25 Å². The van der Waals surface area contributed by atoms with Crippen LogP contribution in [0.1, 0.15) is 17.7 Å². The third kappa shape index (κ3) is 4.80. The number of furan rings is 1. The van der Waals surface area contributed by atoms with Gasteiger partial charge in [0, 0.05) is 12.1 Å². The van der Waals surface area contributed by atoms with Gasteiger partial charge < -0.3 is 15.1 Å². The molecule has 3 rings (SSSR count). The molecule has 0 aliphatic carbocycles. The predicted octanol–water partition coefficient (Wildman–Crippen LogP) is 2.54. The quantitative estimate of drug-likeness (QED) is 0.650. The van der Waals surface area contributed by atoms with Gasteiger partial charge in [0.2, 0.25) is 11.8 Å². The standard InChI is InChI=1S/C17H16N4O3S/c1-11-4-2-5-12(8-11)19-16(23)14-9-15(22)20-17(25-14)21-18-10-13-6-3-7-24-13/h2-8,10,14H,9H2,1H3,(H,19,23)(H,20,21,22)/b18-10-/t14-/m0/s1. The van der Waals surface area contributed by atoms with Crippen LogP contribution in [-0.2, 0) is 9.59 Å². The van der Waals surface area contributed by atoms with Crippen LogP contribution in [0.2, 0.25) is 0 Å². The van der Waals surface area contributed by atoms with Gasteiger partial charge in [0.15, 0.2) is 5.17 Å². The van der Waals surface area contributed by atoms with E-state index in [1.807, 2.05) is 25.1 Å². The second kappa shape index (κ2) is 7.80. The van der Waals surface area contributed by atoms with Crippen LogP contribution in [-0.4, -0.2) is 28.4 Å². The highest BCUT2D eigenvalue weighted by Gasteiger charge is 2.30. The van der Waals surface area contributed by atoms with Crippen molar-refractivity contribution >= 4 is 40.6 Å². The van der Waals surface area contributed by atoms with Gasteiger partial charge in [-0.2, -0.15) is 5.10 Å². The SMILES string of the molecule is Cc1cccc(NC(=O)[C@@H]2CC(=O)N/C(=N\N=C/c3ccco3)S2)c1. The number of thioether (sulfide) groups is 1. The van der Waals surface area contributed by atoms with Gasteiger partial charge in [-0.25, -0.2) is 0 Å². The molecule has 1 aromatic heterocycles. The Morgan fingerprint density at radius 3 is 3.04 bits per heavy atom. The summed E-state index contributed by atoms with van der Waals surface area (Å²) < 4.78 is 5.10. The molecule has 7 nitrogen and oxygen atoms in total. The highest BCUT2D eigenvalue weighted by Crippen LogP contribution is 2.22. The fourth-order valence-electron chi connectivity index (χ4n) is 2.19. The van der Waals surface area contributed by atoms with Crippen molar-refractivity contribution in [3.63, 3.8) is 0 Å². The zero-order valence-corrected chi connectivity index (χ0v) is 14.2. The fourth-order valence-corrected chi connectivity index (χ4v) is 3.13. The normalized spacial score (nSPS) is 19.2. The van der Waals surface area contributed by atoms with Crippen LogP contribution in [0.25, 0.3) is 0 Å². The van der Waals surface area contributed by atoms with E-state index in [1.165, 1.54) is 24.2 Å². The molecule has 1 aromatic carbocycles. The molecule has 0 saturated carbocycles. The Bertz CT molecular complexity index is 830. The molecule has 2 N–H and O–H groups in total. The van der Waals surface area contributed by atoms with Gasteiger partial charge >= 0.3 is 0 Å². The van der Waals surface area contributed by atoms with Crippen LogP contribution < -0.4 is 10.6 Å². The molecular weight excluding hydrogens is 340 g/mol. The summed E-state index contributed by atoms with van der Waals surface area (Å²) in [6.45, 7) is 1.94. The zero-order valence-electron chi connectivity index (χ0n) is 13.4. The molecule has 1 saturated heterocycles. The summed E-state index contributed by atoms with van der Waals surface area (Å²) in [6.07, 6.45) is 3.04. The smallest absolute Gasteiger partial charge is 0.238 e. The molecule has 1 fully saturated rings. The minimum absolute atomic E-state index is 0.0865. The lowest BCUT2D eigenvalue weighted by atomic mass is 10.2. The van der Waals surface area contributed by atoms with E-state index in [2.05, 4.69) is 20.8 Å². The van der Waals surface area contributed by atoms with E-state index in [-0.39, 0.29) is 23.4 Å². The Morgan fingerprint density at radius 1 is 1.40 bits per heavy atom. The Labute approximate surface area is 148 Å². The van der Waals surface area contributed by atoms with Crippen molar-refractivity contribution in [2.24, 2.45) is 10.2 Å². The van der Waals surface area contributed by atoms with Crippen LogP contribution in [0.4, 0.5) is 5.69 Å². The number of nitrogens with zero attached hydrogens (tertiary/aromatic N) is 2. The van der Waals surface area contributed by atoms with Crippen LogP contribution in [0.15, 0.2) is 57.3 Å². The van der Waals surface area contributed by atoms with Crippen molar-refractivity contribution in [1.82, 2.24) is 5.32 Å². The second-order valence-electron chi connectivity index (χ2n) is 5.38. The molecular formula is C17H16N4O3S. The maximum Gasteiger partial charge on any atom is 0.238 e. The molecule has 25 heavy (non-hydrogen) atoms. The predicted molar refractivity (Wildman–Crippen MR) is 97.7 cm³/mol. The highest BCUT2D eigenvalue weighted by molar-refractivity contribution is 8.15. The summed E-state index contributed by atoms with van der Waals surface area (Å²) in [5.74, 6) is 0.0356. The average Bonchev–Trinajstić information content (AvgIpc) is 3.08. The van der Waals surface area contributed by atoms with Gasteiger partial charge in [0.1, 0.15) is 11.0 Å². The number of nitrogens with one attached hydrogen (secondary N) is 2. The first-order valence-corrected chi connectivity index (χ1v) is 8.47. The molecule has 0 unspecified atom stereocenters. The van der Waals surface area contributed by atoms with Gasteiger partial charge in [-0.3, -0.25) is 9.59 Å². The molecule has 2 aromatic rings. The van der Waals surface area contributed by atoms with E-state index in [0.717, 1.165) is 5.56 Å². The van der Waals surface area contributed by atoms with Gasteiger partial charge in [-0.1, -0.05) is 23.9 Å². The molecule has 2 amide bonds. The lowest BCUT2D eigenvalue weighted by Gasteiger charge is -2.21. The van der Waals surface area contributed by atoms with Gasteiger partial charge in [0.05, 0.1) is 12.5 Å². The number of carbonyl (C=O) groups excluding carboxylic acids is 2. The third-order valence-electron chi connectivity index (χ3n) is 3.33. The van der Waals surface area contributed by atoms with Crippen LogP contribution in [0.5, 0.6) is 0 Å². The third-order valence-corrected chi connectivity index (χ3v) is 4.40. The first-order valence-electron chi connectivity index (χ1n) is 7.59. The summed E-state index contributed by atoms with van der Waals surface area (Å²) in [4.78, 5) is 24.2. The van der Waals surface area contributed by atoms with Crippen LogP contribution >= 0.6 is 11.8 Å². The molecule has 2 heterocycles. The maximum absolute atomic E-state index is 12.4. The largest absolute Gasteiger partial charge is 0.463 e. The number of aryl methyl sites for hydroxylation is 1. The van der Waals surface area contributed by atoms with Gasteiger partial charge in [0.25, 0.3) is 0 Å². The first-order chi connectivity index (χ1) is 12.1. The molecule has 1 aliphatic rings. The van der Waals surface area contributed by atoms with Crippen molar-refractivity contribution in [1.29, 1.82) is 0 Å². The number of hydrogen-bond acceptors (Lipinski definition) is 6. The van der Waals surface area contributed by atoms with Gasteiger partial charge in [-0.05, 0) is 36.8 Å². The van der Waals surface area contributed by atoms with Crippen LogP contribution in [0, 0.1) is 6.92 Å². The minimum Gasteiger partial charge on any atom is -0.463 e. The van der Waals surface area contributed by atoms with E-state index in [4.69, 9.17) is 4.42 Å². The average molecular weight is 356 g/mol. The number of hydrogen-bond donors (Lipinski definition) is 2. The molecule has 0 spiro atoms. The molecule has 1 atom stereocenters. The molecule has 128 valence electrons. The Morgan fingerprint density at radius 2 is 2.28 bits per heavy atom. The Hall–Kier alpha value is -2.87. The van der Waals surface area contributed by atoms with Crippen molar-refractivity contribution < 1.29 is 14.0 Å². The summed E-state index contributed by atoms with van der Waals surface area (Å²) >= 11 is 1.17. The topological polar surface area (TPSA) is 96.1 Å². The van der Waals surface area contributed by atoms with Gasteiger partial charge in [-0.15, -0.1) is 5.10 Å². The summed E-state index contributed by atoms with van der Waals surface area (Å²) in [5, 5.41) is 12.9. The number of rotatable bonds is 4. The monoisotopic (exact) mass is 356 g/mol. The number of benzene rings is 1. The lowest BCUT2D eigenvalue weighted by Crippen LogP contribution is -2.41. The molecule has 8 heteroatoms. The number of amidine groups is 1. The summed E-state index contributed by atoms with van der Waals surface area (Å²) in [7, 11) is 0. The lowest BCUT2D eigenvalue weighted by molar-refractivity contribution is -0.123. The minimum atomic E-state index is -0.563. The van der Waals surface area contributed by atoms with E-state index in [1.54, 1.807) is 18.2 Å². The maximum atomic E-state index is 12.4. The van der Waals surface area contributed by atoms with Crippen LogP contribution in [0.3, 0.4) is 0 Å². The molecule has 0 bridgehead atoms. The molecule has 0 radical (unpaired) electrons. The summed E-state index contributed by atoms with van der Waals surface area (Å²) in [6, 6.07) is 10.9. The zero-order chi connectivity index (χ0) is 17.6. The van der Waals surface area contributed by atoms with E-state index in [9.17, 15) is 9.59 Å². The molecule has 1 aliphatic heterocycles. The van der Waals surface area contributed by atoms with Crippen molar-refractivity contribution in [2.45, 2.75) is 18.6 Å². The Kier molecular flexibility index (Phi) is 5.30. The van der Waals surface area contributed by atoms with Crippen molar-refractivity contribution in [3.05, 3.63) is 54.0 Å². The number of amides is 2. The Balaban J connectivity index is 1.65. The second-order valence-corrected chi connectivity index (χ2v) is 6.57. The van der Waals surface area contributed by atoms with E-state index >= 15 is 0 Å². The number of anilines is 1.